The van der Waals surface area contributed by atoms with E-state index >= 15 is 0 Å². The number of rotatable bonds is 11. The fraction of sp³-hybridized carbons (Fsp3) is 1.00. The molecule has 0 saturated carbocycles. The molecule has 2 heterocycles. The van der Waals surface area contributed by atoms with Crippen LogP contribution in [0, 0.1) is 17.8 Å². The van der Waals surface area contributed by atoms with Crippen molar-refractivity contribution in [3.05, 3.63) is 0 Å². The van der Waals surface area contributed by atoms with E-state index in [0.29, 0.717) is 56.6 Å². The summed E-state index contributed by atoms with van der Waals surface area (Å²) in [5.41, 5.74) is 0. The molecule has 2 rings (SSSR count). The van der Waals surface area contributed by atoms with Gasteiger partial charge in [-0.05, 0) is 44.1 Å². The van der Waals surface area contributed by atoms with Gasteiger partial charge in [0.05, 0.1) is 25.6 Å². The van der Waals surface area contributed by atoms with Crippen molar-refractivity contribution in [3.63, 3.8) is 0 Å². The first-order valence-electron chi connectivity index (χ1n) is 10.4. The first kappa shape index (κ1) is 23.0. The second-order valence-electron chi connectivity index (χ2n) is 8.48. The predicted molar refractivity (Wildman–Crippen MR) is 108 cm³/mol. The van der Waals surface area contributed by atoms with Gasteiger partial charge in [-0.2, -0.15) is 4.31 Å². The highest BCUT2D eigenvalue weighted by atomic mass is 32.2. The van der Waals surface area contributed by atoms with E-state index in [1.54, 1.807) is 4.31 Å². The second kappa shape index (κ2) is 11.7. The summed E-state index contributed by atoms with van der Waals surface area (Å²) >= 11 is 0. The molecule has 2 fully saturated rings. The lowest BCUT2D eigenvalue weighted by Gasteiger charge is -2.31. The van der Waals surface area contributed by atoms with E-state index < -0.39 is 10.0 Å². The third-order valence-electron chi connectivity index (χ3n) is 5.26. The van der Waals surface area contributed by atoms with Crippen molar-refractivity contribution in [2.45, 2.75) is 39.7 Å². The van der Waals surface area contributed by atoms with Gasteiger partial charge in [0.15, 0.2) is 0 Å². The highest BCUT2D eigenvalue weighted by Gasteiger charge is 2.26. The monoisotopic (exact) mass is 405 g/mol. The van der Waals surface area contributed by atoms with Crippen LogP contribution < -0.4 is 10.6 Å². The van der Waals surface area contributed by atoms with Crippen molar-refractivity contribution in [1.29, 1.82) is 0 Å². The number of nitrogens with one attached hydrogen (secondary N) is 2. The zero-order valence-electron chi connectivity index (χ0n) is 17.3. The number of ether oxygens (including phenoxy) is 2. The lowest BCUT2D eigenvalue weighted by atomic mass is 9.88. The van der Waals surface area contributed by atoms with E-state index in [2.05, 4.69) is 31.4 Å². The Morgan fingerprint density at radius 2 is 1.78 bits per heavy atom. The fourth-order valence-electron chi connectivity index (χ4n) is 3.86. The molecule has 27 heavy (non-hydrogen) atoms. The first-order chi connectivity index (χ1) is 12.9. The number of sulfonamides is 1. The molecule has 2 saturated heterocycles. The van der Waals surface area contributed by atoms with E-state index in [1.807, 2.05) is 0 Å². The van der Waals surface area contributed by atoms with Crippen molar-refractivity contribution in [2.75, 3.05) is 64.9 Å². The molecule has 0 aromatic rings. The van der Waals surface area contributed by atoms with Crippen LogP contribution in [0.2, 0.25) is 0 Å². The Morgan fingerprint density at radius 3 is 2.48 bits per heavy atom. The Kier molecular flexibility index (Phi) is 9.96. The van der Waals surface area contributed by atoms with Crippen LogP contribution in [-0.2, 0) is 19.5 Å². The van der Waals surface area contributed by atoms with E-state index in [0.717, 1.165) is 32.7 Å². The van der Waals surface area contributed by atoms with Crippen molar-refractivity contribution in [2.24, 2.45) is 17.8 Å². The minimum Gasteiger partial charge on any atom is -0.381 e. The molecule has 3 atom stereocenters. The SMILES string of the molecule is CC(C)CNCC1COCC(C[C@@H](C)NCCS(=O)(=O)N2CCOCC2)C1. The maximum atomic E-state index is 12.4. The lowest BCUT2D eigenvalue weighted by molar-refractivity contribution is 0.00986. The Labute approximate surface area is 165 Å². The molecule has 2 aliphatic rings. The molecule has 0 amide bonds. The molecule has 2 aliphatic heterocycles. The number of nitrogens with zero attached hydrogens (tertiary/aromatic N) is 1. The smallest absolute Gasteiger partial charge is 0.215 e. The predicted octanol–water partition coefficient (Wildman–Crippen LogP) is 0.915. The topological polar surface area (TPSA) is 79.9 Å². The molecule has 2 unspecified atom stereocenters. The molecular formula is C19H39N3O4S. The van der Waals surface area contributed by atoms with Crippen LogP contribution in [0.5, 0.6) is 0 Å². The van der Waals surface area contributed by atoms with Crippen LogP contribution in [0.25, 0.3) is 0 Å². The summed E-state index contributed by atoms with van der Waals surface area (Å²) in [5.74, 6) is 1.95. The van der Waals surface area contributed by atoms with Gasteiger partial charge in [0, 0.05) is 38.8 Å². The molecule has 0 bridgehead atoms. The summed E-state index contributed by atoms with van der Waals surface area (Å²) in [7, 11) is -3.18. The molecule has 0 spiro atoms. The summed E-state index contributed by atoms with van der Waals surface area (Å²) in [4.78, 5) is 0. The van der Waals surface area contributed by atoms with Gasteiger partial charge in [-0.25, -0.2) is 8.42 Å². The highest BCUT2D eigenvalue weighted by Crippen LogP contribution is 2.23. The van der Waals surface area contributed by atoms with Gasteiger partial charge in [0.1, 0.15) is 0 Å². The Bertz CT molecular complexity index is 509. The van der Waals surface area contributed by atoms with Crippen molar-refractivity contribution in [1.82, 2.24) is 14.9 Å². The molecule has 2 N–H and O–H groups in total. The zero-order valence-corrected chi connectivity index (χ0v) is 18.1. The molecular weight excluding hydrogens is 366 g/mol. The first-order valence-corrected chi connectivity index (χ1v) is 12.0. The van der Waals surface area contributed by atoms with Gasteiger partial charge in [-0.15, -0.1) is 0 Å². The second-order valence-corrected chi connectivity index (χ2v) is 10.6. The third kappa shape index (κ3) is 8.75. The highest BCUT2D eigenvalue weighted by molar-refractivity contribution is 7.89. The molecule has 0 aliphatic carbocycles. The summed E-state index contributed by atoms with van der Waals surface area (Å²) in [6, 6.07) is 0.292. The average Bonchev–Trinajstić information content (AvgIpc) is 2.62. The minimum atomic E-state index is -3.18. The number of hydrogen-bond donors (Lipinski definition) is 2. The largest absolute Gasteiger partial charge is 0.381 e. The molecule has 8 heteroatoms. The Morgan fingerprint density at radius 1 is 1.07 bits per heavy atom. The molecule has 160 valence electrons. The maximum Gasteiger partial charge on any atom is 0.215 e. The number of hydrogen-bond acceptors (Lipinski definition) is 6. The van der Waals surface area contributed by atoms with Crippen LogP contribution in [0.3, 0.4) is 0 Å². The zero-order chi connectivity index (χ0) is 19.7. The quantitative estimate of drug-likeness (QED) is 0.532. The van der Waals surface area contributed by atoms with E-state index in [9.17, 15) is 8.42 Å². The molecule has 0 aromatic heterocycles. The van der Waals surface area contributed by atoms with Crippen LogP contribution >= 0.6 is 0 Å². The lowest BCUT2D eigenvalue weighted by Crippen LogP contribution is -2.44. The summed E-state index contributed by atoms with van der Waals surface area (Å²) < 4.78 is 37.3. The van der Waals surface area contributed by atoms with Crippen LogP contribution in [-0.4, -0.2) is 83.7 Å². The Balaban J connectivity index is 1.63. The van der Waals surface area contributed by atoms with E-state index in [-0.39, 0.29) is 5.75 Å². The van der Waals surface area contributed by atoms with Crippen molar-refractivity contribution >= 4 is 10.0 Å². The van der Waals surface area contributed by atoms with Gasteiger partial charge in [-0.3, -0.25) is 0 Å². The van der Waals surface area contributed by atoms with Gasteiger partial charge in [-0.1, -0.05) is 13.8 Å². The molecule has 0 aromatic carbocycles. The van der Waals surface area contributed by atoms with E-state index in [4.69, 9.17) is 9.47 Å². The van der Waals surface area contributed by atoms with Gasteiger partial charge < -0.3 is 20.1 Å². The van der Waals surface area contributed by atoms with Crippen LogP contribution in [0.15, 0.2) is 0 Å². The third-order valence-corrected chi connectivity index (χ3v) is 7.13. The average molecular weight is 406 g/mol. The van der Waals surface area contributed by atoms with E-state index in [1.165, 1.54) is 6.42 Å². The maximum absolute atomic E-state index is 12.4. The van der Waals surface area contributed by atoms with Gasteiger partial charge in [0.25, 0.3) is 0 Å². The number of morpholine rings is 1. The normalized spacial score (nSPS) is 26.4. The minimum absolute atomic E-state index is 0.153. The van der Waals surface area contributed by atoms with Crippen LogP contribution in [0.1, 0.15) is 33.6 Å². The van der Waals surface area contributed by atoms with Gasteiger partial charge >= 0.3 is 0 Å². The summed E-state index contributed by atoms with van der Waals surface area (Å²) in [6.07, 6.45) is 2.21. The van der Waals surface area contributed by atoms with Crippen LogP contribution in [0.4, 0.5) is 0 Å². The molecule has 7 nitrogen and oxygen atoms in total. The van der Waals surface area contributed by atoms with Gasteiger partial charge in [0.2, 0.25) is 10.0 Å². The fourth-order valence-corrected chi connectivity index (χ4v) is 5.20. The van der Waals surface area contributed by atoms with Crippen molar-refractivity contribution in [3.8, 4) is 0 Å². The summed E-state index contributed by atoms with van der Waals surface area (Å²) in [5, 5.41) is 6.92. The van der Waals surface area contributed by atoms with Crippen molar-refractivity contribution < 1.29 is 17.9 Å². The molecule has 0 radical (unpaired) electrons. The Hall–Kier alpha value is -0.250. The summed E-state index contributed by atoms with van der Waals surface area (Å²) in [6.45, 7) is 12.8. The standard InChI is InChI=1S/C19H39N3O4S/c1-16(2)12-20-13-19-11-18(14-26-15-19)10-17(3)21-4-9-27(23,24)22-5-7-25-8-6-22/h16-21H,4-15H2,1-3H3/t17-,18?,19?/m1/s1.